The molecular formula is C13H15BrO2. The second-order valence-corrected chi connectivity index (χ2v) is 5.54. The molecule has 0 radical (unpaired) electrons. The van der Waals surface area contributed by atoms with Gasteiger partial charge in [-0.1, -0.05) is 34.5 Å². The molecule has 1 saturated carbocycles. The van der Waals surface area contributed by atoms with Gasteiger partial charge in [-0.05, 0) is 37.0 Å². The van der Waals surface area contributed by atoms with E-state index >= 15 is 0 Å². The van der Waals surface area contributed by atoms with Crippen LogP contribution in [0.1, 0.15) is 36.8 Å². The lowest BCUT2D eigenvalue weighted by Crippen LogP contribution is -2.36. The van der Waals surface area contributed by atoms with Crippen molar-refractivity contribution >= 4 is 21.9 Å². The fraction of sp³-hybridized carbons (Fsp3) is 0.462. The number of carbonyl (C=O) groups is 1. The Balaban J connectivity index is 2.36. The van der Waals surface area contributed by atoms with Crippen molar-refractivity contribution in [1.82, 2.24) is 0 Å². The molecule has 16 heavy (non-hydrogen) atoms. The zero-order valence-corrected chi connectivity index (χ0v) is 10.9. The van der Waals surface area contributed by atoms with Crippen LogP contribution in [-0.2, 0) is 10.2 Å². The van der Waals surface area contributed by atoms with E-state index in [2.05, 4.69) is 34.1 Å². The van der Waals surface area contributed by atoms with E-state index in [0.717, 1.165) is 29.3 Å². The van der Waals surface area contributed by atoms with Crippen LogP contribution in [0.3, 0.4) is 0 Å². The van der Waals surface area contributed by atoms with E-state index < -0.39 is 5.97 Å². The molecule has 0 unspecified atom stereocenters. The van der Waals surface area contributed by atoms with Gasteiger partial charge in [0.2, 0.25) is 0 Å². The van der Waals surface area contributed by atoms with Crippen LogP contribution in [0.25, 0.3) is 0 Å². The van der Waals surface area contributed by atoms with Gasteiger partial charge in [0, 0.05) is 9.89 Å². The molecule has 0 saturated heterocycles. The van der Waals surface area contributed by atoms with Gasteiger partial charge in [0.1, 0.15) is 0 Å². The van der Waals surface area contributed by atoms with E-state index in [-0.39, 0.29) is 11.8 Å². The molecule has 0 bridgehead atoms. The van der Waals surface area contributed by atoms with Crippen molar-refractivity contribution in [2.24, 2.45) is 0 Å². The quantitative estimate of drug-likeness (QED) is 0.919. The Bertz CT molecular complexity index is 422. The average Bonchev–Trinajstić information content (AvgIpc) is 2.12. The number of benzene rings is 1. The van der Waals surface area contributed by atoms with Crippen LogP contribution in [0.2, 0.25) is 0 Å². The number of aryl methyl sites for hydroxylation is 1. The van der Waals surface area contributed by atoms with Crippen molar-refractivity contribution in [2.75, 3.05) is 0 Å². The van der Waals surface area contributed by atoms with Gasteiger partial charge in [-0.2, -0.15) is 0 Å². The zero-order valence-electron chi connectivity index (χ0n) is 9.29. The third-order valence-corrected chi connectivity index (χ3v) is 4.15. The smallest absolute Gasteiger partial charge is 0.304 e. The summed E-state index contributed by atoms with van der Waals surface area (Å²) >= 11 is 3.55. The van der Waals surface area contributed by atoms with Gasteiger partial charge in [-0.3, -0.25) is 4.79 Å². The van der Waals surface area contributed by atoms with E-state index in [1.807, 2.05) is 6.92 Å². The lowest BCUT2D eigenvalue weighted by molar-refractivity contribution is -0.139. The summed E-state index contributed by atoms with van der Waals surface area (Å²) < 4.78 is 1.05. The molecule has 2 nitrogen and oxygen atoms in total. The topological polar surface area (TPSA) is 37.3 Å². The predicted octanol–water partition coefficient (Wildman–Crippen LogP) is 3.65. The fourth-order valence-electron chi connectivity index (χ4n) is 2.48. The first kappa shape index (κ1) is 11.6. The standard InChI is InChI=1S/C13H15BrO2/c1-9-3-4-10(11(14)7-9)13(5-2-6-13)8-12(15)16/h3-4,7H,2,5-6,8H2,1H3,(H,15,16). The maximum atomic E-state index is 10.9. The Labute approximate surface area is 104 Å². The first-order chi connectivity index (χ1) is 7.53. The summed E-state index contributed by atoms with van der Waals surface area (Å²) in [4.78, 5) is 10.9. The molecule has 3 heteroatoms. The summed E-state index contributed by atoms with van der Waals surface area (Å²) in [5, 5.41) is 9.01. The normalized spacial score (nSPS) is 17.9. The largest absolute Gasteiger partial charge is 0.481 e. The Morgan fingerprint density at radius 3 is 2.62 bits per heavy atom. The molecule has 0 atom stereocenters. The minimum Gasteiger partial charge on any atom is -0.481 e. The molecule has 1 aromatic carbocycles. The van der Waals surface area contributed by atoms with Gasteiger partial charge in [0.05, 0.1) is 6.42 Å². The minimum absolute atomic E-state index is 0.127. The van der Waals surface area contributed by atoms with Gasteiger partial charge < -0.3 is 5.11 Å². The van der Waals surface area contributed by atoms with E-state index in [9.17, 15) is 4.79 Å². The fourth-order valence-corrected chi connectivity index (χ4v) is 3.40. The van der Waals surface area contributed by atoms with Crippen molar-refractivity contribution in [3.05, 3.63) is 33.8 Å². The molecule has 0 spiro atoms. The second-order valence-electron chi connectivity index (χ2n) is 4.69. The van der Waals surface area contributed by atoms with Gasteiger partial charge >= 0.3 is 5.97 Å². The van der Waals surface area contributed by atoms with Crippen LogP contribution in [-0.4, -0.2) is 11.1 Å². The van der Waals surface area contributed by atoms with Gasteiger partial charge in [0.15, 0.2) is 0 Å². The molecule has 1 aliphatic rings. The Morgan fingerprint density at radius 1 is 1.50 bits per heavy atom. The highest BCUT2D eigenvalue weighted by Crippen LogP contribution is 2.48. The molecule has 1 N–H and O–H groups in total. The SMILES string of the molecule is Cc1ccc(C2(CC(=O)O)CCC2)c(Br)c1. The van der Waals surface area contributed by atoms with Gasteiger partial charge in [-0.25, -0.2) is 0 Å². The molecule has 0 amide bonds. The van der Waals surface area contributed by atoms with Crippen LogP contribution < -0.4 is 0 Å². The van der Waals surface area contributed by atoms with Crippen LogP contribution in [0, 0.1) is 6.92 Å². The lowest BCUT2D eigenvalue weighted by atomic mass is 9.62. The minimum atomic E-state index is -0.702. The maximum absolute atomic E-state index is 10.9. The second kappa shape index (κ2) is 4.21. The molecule has 86 valence electrons. The summed E-state index contributed by atoms with van der Waals surface area (Å²) in [6.07, 6.45) is 3.35. The number of hydrogen-bond donors (Lipinski definition) is 1. The highest BCUT2D eigenvalue weighted by Gasteiger charge is 2.41. The summed E-state index contributed by atoms with van der Waals surface area (Å²) in [7, 11) is 0. The zero-order chi connectivity index (χ0) is 11.8. The van der Waals surface area contributed by atoms with Gasteiger partial charge in [-0.15, -0.1) is 0 Å². The molecule has 0 aromatic heterocycles. The van der Waals surface area contributed by atoms with E-state index in [1.165, 1.54) is 5.56 Å². The maximum Gasteiger partial charge on any atom is 0.304 e. The molecule has 0 heterocycles. The van der Waals surface area contributed by atoms with Crippen LogP contribution >= 0.6 is 15.9 Å². The van der Waals surface area contributed by atoms with Crippen LogP contribution in [0.15, 0.2) is 22.7 Å². The Morgan fingerprint density at radius 2 is 2.19 bits per heavy atom. The van der Waals surface area contributed by atoms with Gasteiger partial charge in [0.25, 0.3) is 0 Å². The third-order valence-electron chi connectivity index (χ3n) is 3.50. The number of hydrogen-bond acceptors (Lipinski definition) is 1. The molecular weight excluding hydrogens is 268 g/mol. The summed E-state index contributed by atoms with van der Waals surface area (Å²) in [5.74, 6) is -0.702. The molecule has 1 aliphatic carbocycles. The van der Waals surface area contributed by atoms with Crippen molar-refractivity contribution in [1.29, 1.82) is 0 Å². The van der Waals surface area contributed by atoms with Crippen molar-refractivity contribution in [2.45, 2.75) is 38.0 Å². The third kappa shape index (κ3) is 2.01. The molecule has 1 aromatic rings. The van der Waals surface area contributed by atoms with E-state index in [0.29, 0.717) is 0 Å². The van der Waals surface area contributed by atoms with Crippen molar-refractivity contribution in [3.8, 4) is 0 Å². The number of halogens is 1. The summed E-state index contributed by atoms with van der Waals surface area (Å²) in [5.41, 5.74) is 2.23. The predicted molar refractivity (Wildman–Crippen MR) is 66.7 cm³/mol. The molecule has 1 fully saturated rings. The van der Waals surface area contributed by atoms with Crippen molar-refractivity contribution < 1.29 is 9.90 Å². The lowest BCUT2D eigenvalue weighted by Gasteiger charge is -2.42. The Hall–Kier alpha value is -0.830. The van der Waals surface area contributed by atoms with Crippen LogP contribution in [0.4, 0.5) is 0 Å². The first-order valence-corrected chi connectivity index (χ1v) is 6.31. The highest BCUT2D eigenvalue weighted by molar-refractivity contribution is 9.10. The van der Waals surface area contributed by atoms with E-state index in [4.69, 9.17) is 5.11 Å². The number of carboxylic acids is 1. The number of rotatable bonds is 3. The van der Waals surface area contributed by atoms with Crippen LogP contribution in [0.5, 0.6) is 0 Å². The average molecular weight is 283 g/mol. The van der Waals surface area contributed by atoms with E-state index in [1.54, 1.807) is 0 Å². The highest BCUT2D eigenvalue weighted by atomic mass is 79.9. The molecule has 2 rings (SSSR count). The number of aliphatic carboxylic acids is 1. The van der Waals surface area contributed by atoms with Crippen molar-refractivity contribution in [3.63, 3.8) is 0 Å². The Kier molecular flexibility index (Phi) is 3.06. The summed E-state index contributed by atoms with van der Waals surface area (Å²) in [6, 6.07) is 6.20. The molecule has 0 aliphatic heterocycles. The summed E-state index contributed by atoms with van der Waals surface area (Å²) in [6.45, 7) is 2.04. The monoisotopic (exact) mass is 282 g/mol. The first-order valence-electron chi connectivity index (χ1n) is 5.52. The number of carboxylic acid groups (broad SMARTS) is 1.